The Morgan fingerprint density at radius 3 is 2.82 bits per heavy atom. The first-order valence-electron chi connectivity index (χ1n) is 5.24. The Kier molecular flexibility index (Phi) is 3.33. The van der Waals surface area contributed by atoms with E-state index in [1.165, 1.54) is 6.07 Å². The zero-order chi connectivity index (χ0) is 12.4. The minimum Gasteiger partial charge on any atom is -0.378 e. The molecule has 0 spiro atoms. The van der Waals surface area contributed by atoms with Gasteiger partial charge < -0.3 is 5.32 Å². The van der Waals surface area contributed by atoms with Crippen molar-refractivity contribution in [3.8, 4) is 0 Å². The molecule has 0 bridgehead atoms. The summed E-state index contributed by atoms with van der Waals surface area (Å²) in [4.78, 5) is 0. The van der Waals surface area contributed by atoms with Crippen LogP contribution in [0, 0.1) is 12.7 Å². The van der Waals surface area contributed by atoms with E-state index in [0.717, 1.165) is 16.9 Å². The molecule has 0 aliphatic heterocycles. The number of anilines is 1. The summed E-state index contributed by atoms with van der Waals surface area (Å²) in [5.41, 5.74) is 2.83. The monoisotopic (exact) mass is 253 g/mol. The van der Waals surface area contributed by atoms with Gasteiger partial charge in [-0.25, -0.2) is 4.39 Å². The molecule has 0 aliphatic carbocycles. The summed E-state index contributed by atoms with van der Waals surface area (Å²) >= 11 is 5.71. The van der Waals surface area contributed by atoms with Gasteiger partial charge in [0.05, 0.1) is 16.4 Å². The van der Waals surface area contributed by atoms with Crippen LogP contribution in [0.25, 0.3) is 0 Å². The average molecular weight is 254 g/mol. The average Bonchev–Trinajstić information content (AvgIpc) is 2.59. The number of aryl methyl sites for hydroxylation is 2. The van der Waals surface area contributed by atoms with Gasteiger partial charge in [-0.2, -0.15) is 5.10 Å². The van der Waals surface area contributed by atoms with Crippen LogP contribution in [0.5, 0.6) is 0 Å². The highest BCUT2D eigenvalue weighted by Gasteiger charge is 2.04. The Labute approximate surface area is 104 Å². The summed E-state index contributed by atoms with van der Waals surface area (Å²) < 4.78 is 14.7. The van der Waals surface area contributed by atoms with Gasteiger partial charge in [0.15, 0.2) is 0 Å². The Balaban J connectivity index is 2.07. The summed E-state index contributed by atoms with van der Waals surface area (Å²) in [5.74, 6) is -0.395. The fraction of sp³-hybridized carbons (Fsp3) is 0.250. The van der Waals surface area contributed by atoms with Gasteiger partial charge in [0.2, 0.25) is 0 Å². The maximum absolute atomic E-state index is 13.0. The number of benzene rings is 1. The van der Waals surface area contributed by atoms with Crippen LogP contribution in [0.1, 0.15) is 11.3 Å². The molecule has 0 saturated heterocycles. The van der Waals surface area contributed by atoms with E-state index < -0.39 is 5.82 Å². The molecule has 1 heterocycles. The molecule has 0 radical (unpaired) electrons. The van der Waals surface area contributed by atoms with E-state index in [4.69, 9.17) is 11.6 Å². The largest absolute Gasteiger partial charge is 0.378 e. The van der Waals surface area contributed by atoms with Crippen molar-refractivity contribution < 1.29 is 4.39 Å². The third-order valence-corrected chi connectivity index (χ3v) is 2.77. The normalized spacial score (nSPS) is 10.6. The molecule has 1 N–H and O–H groups in total. The van der Waals surface area contributed by atoms with Gasteiger partial charge in [0.1, 0.15) is 5.82 Å². The van der Waals surface area contributed by atoms with Crippen molar-refractivity contribution >= 4 is 17.3 Å². The van der Waals surface area contributed by atoms with E-state index in [9.17, 15) is 4.39 Å². The van der Waals surface area contributed by atoms with Gasteiger partial charge in [-0.1, -0.05) is 17.7 Å². The van der Waals surface area contributed by atoms with Crippen LogP contribution >= 0.6 is 11.6 Å². The van der Waals surface area contributed by atoms with Crippen LogP contribution in [0.3, 0.4) is 0 Å². The number of aromatic nitrogens is 2. The van der Waals surface area contributed by atoms with Crippen LogP contribution in [0.2, 0.25) is 5.02 Å². The standard InChI is InChI=1S/C12H13ClFN3/c1-8-12(7-17(2)16-8)15-6-9-3-4-11(14)10(13)5-9/h3-5,7,15H,6H2,1-2H3. The van der Waals surface area contributed by atoms with Crippen LogP contribution in [-0.2, 0) is 13.6 Å². The molecule has 0 fully saturated rings. The molecule has 2 rings (SSSR count). The molecule has 2 aromatic rings. The molecule has 17 heavy (non-hydrogen) atoms. The second kappa shape index (κ2) is 4.75. The molecule has 3 nitrogen and oxygen atoms in total. The van der Waals surface area contributed by atoms with E-state index in [1.54, 1.807) is 16.8 Å². The maximum atomic E-state index is 13.0. The lowest BCUT2D eigenvalue weighted by atomic mass is 10.2. The van der Waals surface area contributed by atoms with Crippen LogP contribution in [-0.4, -0.2) is 9.78 Å². The Bertz CT molecular complexity index is 537. The van der Waals surface area contributed by atoms with E-state index in [-0.39, 0.29) is 5.02 Å². The molecule has 5 heteroatoms. The molecule has 1 aromatic heterocycles. The molecule has 90 valence electrons. The minimum atomic E-state index is -0.395. The highest BCUT2D eigenvalue weighted by molar-refractivity contribution is 6.30. The zero-order valence-corrected chi connectivity index (χ0v) is 10.4. The summed E-state index contributed by atoms with van der Waals surface area (Å²) in [6.07, 6.45) is 1.90. The Hall–Kier alpha value is -1.55. The van der Waals surface area contributed by atoms with Crippen molar-refractivity contribution in [1.29, 1.82) is 0 Å². The van der Waals surface area contributed by atoms with Crippen LogP contribution in [0.15, 0.2) is 24.4 Å². The van der Waals surface area contributed by atoms with Crippen molar-refractivity contribution in [2.45, 2.75) is 13.5 Å². The quantitative estimate of drug-likeness (QED) is 0.911. The number of rotatable bonds is 3. The van der Waals surface area contributed by atoms with E-state index >= 15 is 0 Å². The number of hydrogen-bond acceptors (Lipinski definition) is 2. The summed E-state index contributed by atoms with van der Waals surface area (Å²) in [7, 11) is 1.87. The lowest BCUT2D eigenvalue weighted by Crippen LogP contribution is -2.00. The number of nitrogens with zero attached hydrogens (tertiary/aromatic N) is 2. The molecule has 0 aliphatic rings. The smallest absolute Gasteiger partial charge is 0.141 e. The van der Waals surface area contributed by atoms with E-state index in [2.05, 4.69) is 10.4 Å². The second-order valence-electron chi connectivity index (χ2n) is 3.90. The predicted octanol–water partition coefficient (Wildman–Crippen LogP) is 3.13. The molecule has 0 saturated carbocycles. The second-order valence-corrected chi connectivity index (χ2v) is 4.31. The maximum Gasteiger partial charge on any atom is 0.141 e. The third-order valence-electron chi connectivity index (χ3n) is 2.48. The Morgan fingerprint density at radius 2 is 2.24 bits per heavy atom. The number of nitrogens with one attached hydrogen (secondary N) is 1. The van der Waals surface area contributed by atoms with Gasteiger partial charge >= 0.3 is 0 Å². The molecule has 1 aromatic carbocycles. The van der Waals surface area contributed by atoms with Crippen molar-refractivity contribution in [3.05, 3.63) is 46.5 Å². The SMILES string of the molecule is Cc1nn(C)cc1NCc1ccc(F)c(Cl)c1. The zero-order valence-electron chi connectivity index (χ0n) is 9.67. The highest BCUT2D eigenvalue weighted by Crippen LogP contribution is 2.18. The summed E-state index contributed by atoms with van der Waals surface area (Å²) in [6, 6.07) is 4.70. The topological polar surface area (TPSA) is 29.9 Å². The predicted molar refractivity (Wildman–Crippen MR) is 66.7 cm³/mol. The first-order valence-corrected chi connectivity index (χ1v) is 5.62. The fourth-order valence-electron chi connectivity index (χ4n) is 1.62. The van der Waals surface area contributed by atoms with E-state index in [0.29, 0.717) is 6.54 Å². The highest BCUT2D eigenvalue weighted by atomic mass is 35.5. The first-order chi connectivity index (χ1) is 8.06. The van der Waals surface area contributed by atoms with Gasteiger partial charge in [0.25, 0.3) is 0 Å². The van der Waals surface area contributed by atoms with Crippen LogP contribution < -0.4 is 5.32 Å². The van der Waals surface area contributed by atoms with Gasteiger partial charge in [-0.05, 0) is 24.6 Å². The molecule has 0 amide bonds. The molecular formula is C12H13ClFN3. The van der Waals surface area contributed by atoms with Crippen molar-refractivity contribution in [3.63, 3.8) is 0 Å². The molecule has 0 atom stereocenters. The fourth-order valence-corrected chi connectivity index (χ4v) is 1.82. The summed E-state index contributed by atoms with van der Waals surface area (Å²) in [6.45, 7) is 2.52. The van der Waals surface area contributed by atoms with Gasteiger partial charge in [-0.3, -0.25) is 4.68 Å². The van der Waals surface area contributed by atoms with Gasteiger partial charge in [0, 0.05) is 19.8 Å². The lowest BCUT2D eigenvalue weighted by Gasteiger charge is -2.05. The third kappa shape index (κ3) is 2.77. The number of hydrogen-bond donors (Lipinski definition) is 1. The van der Waals surface area contributed by atoms with E-state index in [1.807, 2.05) is 20.2 Å². The first kappa shape index (κ1) is 11.9. The van der Waals surface area contributed by atoms with Crippen molar-refractivity contribution in [2.24, 2.45) is 7.05 Å². The van der Waals surface area contributed by atoms with Crippen molar-refractivity contribution in [2.75, 3.05) is 5.32 Å². The van der Waals surface area contributed by atoms with Crippen molar-refractivity contribution in [1.82, 2.24) is 9.78 Å². The number of halogens is 2. The lowest BCUT2D eigenvalue weighted by molar-refractivity contribution is 0.627. The molecule has 0 unspecified atom stereocenters. The van der Waals surface area contributed by atoms with Crippen LogP contribution in [0.4, 0.5) is 10.1 Å². The molecular weight excluding hydrogens is 241 g/mol. The Morgan fingerprint density at radius 1 is 1.47 bits per heavy atom. The minimum absolute atomic E-state index is 0.146. The van der Waals surface area contributed by atoms with Gasteiger partial charge in [-0.15, -0.1) is 0 Å². The summed E-state index contributed by atoms with van der Waals surface area (Å²) in [5, 5.41) is 7.60.